The van der Waals surface area contributed by atoms with E-state index in [1.54, 1.807) is 12.1 Å². The summed E-state index contributed by atoms with van der Waals surface area (Å²) in [5.74, 6) is -0.562. The number of nitrogens with one attached hydrogen (secondary N) is 3. The van der Waals surface area contributed by atoms with Gasteiger partial charge in [-0.3, -0.25) is 9.59 Å². The van der Waals surface area contributed by atoms with Crippen molar-refractivity contribution in [1.29, 1.82) is 0 Å². The number of anilines is 1. The Bertz CT molecular complexity index is 2700. The molecule has 4 N–H and O–H groups in total. The van der Waals surface area contributed by atoms with Gasteiger partial charge in [-0.25, -0.2) is 8.42 Å². The first-order chi connectivity index (χ1) is 32.6. The fraction of sp³-hybridized carbons (Fsp3) is 0.296. The number of aliphatic hydroxyl groups is 1. The highest BCUT2D eigenvalue weighted by atomic mass is 32.2. The van der Waals surface area contributed by atoms with Crippen molar-refractivity contribution in [3.05, 3.63) is 203 Å². The van der Waals surface area contributed by atoms with Crippen molar-refractivity contribution in [3.63, 3.8) is 0 Å². The molecule has 0 aromatic heterocycles. The lowest BCUT2D eigenvalue weighted by Gasteiger charge is -2.47. The largest absolute Gasteiger partial charge is 0.392 e. The first-order valence-corrected chi connectivity index (χ1v) is 24.5. The van der Waals surface area contributed by atoms with Gasteiger partial charge in [-0.15, -0.1) is 0 Å². The van der Waals surface area contributed by atoms with Crippen LogP contribution >= 0.6 is 0 Å². The van der Waals surface area contributed by atoms with Crippen LogP contribution in [-0.2, 0) is 48.7 Å². The number of rotatable bonds is 15. The summed E-state index contributed by atoms with van der Waals surface area (Å²) >= 11 is 0. The molecule has 6 aromatic carbocycles. The Morgan fingerprint density at radius 2 is 1.36 bits per heavy atom. The summed E-state index contributed by atoms with van der Waals surface area (Å²) in [4.78, 5) is 32.1. The van der Waals surface area contributed by atoms with Crippen LogP contribution in [0.3, 0.4) is 0 Å². The number of likely N-dealkylation sites (tertiary alicyclic amines) is 1. The minimum absolute atomic E-state index is 0.0675. The molecule has 13 heteroatoms. The summed E-state index contributed by atoms with van der Waals surface area (Å²) in [5, 5.41) is 16.0. The van der Waals surface area contributed by atoms with Crippen LogP contribution in [-0.4, -0.2) is 74.2 Å². The number of aryl methyl sites for hydroxylation is 1. The van der Waals surface area contributed by atoms with E-state index >= 15 is 0 Å². The van der Waals surface area contributed by atoms with Crippen molar-refractivity contribution in [3.8, 4) is 0 Å². The van der Waals surface area contributed by atoms with Gasteiger partial charge in [-0.2, -0.15) is 4.72 Å². The van der Waals surface area contributed by atoms with Gasteiger partial charge in [-0.05, 0) is 78.3 Å². The van der Waals surface area contributed by atoms with E-state index in [1.165, 1.54) is 12.1 Å². The number of nitrogens with zero attached hydrogens (tertiary/aromatic N) is 2. The molecule has 6 aromatic rings. The number of benzene rings is 6. The molecule has 3 fully saturated rings. The van der Waals surface area contributed by atoms with Gasteiger partial charge in [-0.1, -0.05) is 145 Å². The number of carbonyl (C=O) groups is 2. The average molecular weight is 920 g/mol. The molecule has 9 rings (SSSR count). The van der Waals surface area contributed by atoms with Gasteiger partial charge >= 0.3 is 0 Å². The molecule has 3 aliphatic rings. The van der Waals surface area contributed by atoms with E-state index in [9.17, 15) is 23.1 Å². The van der Waals surface area contributed by atoms with Crippen molar-refractivity contribution in [2.45, 2.75) is 80.2 Å². The van der Waals surface area contributed by atoms with Crippen LogP contribution in [0, 0.1) is 6.92 Å². The predicted molar refractivity (Wildman–Crippen MR) is 257 cm³/mol. The van der Waals surface area contributed by atoms with E-state index in [1.807, 2.05) is 122 Å². The van der Waals surface area contributed by atoms with E-state index in [0.717, 1.165) is 44.6 Å². The maximum absolute atomic E-state index is 13.8. The number of hydrogen-bond donors (Lipinski definition) is 4. The number of amides is 2. The molecule has 2 amide bonds. The van der Waals surface area contributed by atoms with Gasteiger partial charge < -0.3 is 35.0 Å². The lowest BCUT2D eigenvalue weighted by Crippen LogP contribution is -2.57. The summed E-state index contributed by atoms with van der Waals surface area (Å²) in [7, 11) is -4.00. The summed E-state index contributed by atoms with van der Waals surface area (Å²) < 4.78 is 43.6. The molecule has 0 saturated carbocycles. The zero-order valence-electron chi connectivity index (χ0n) is 37.5. The molecule has 67 heavy (non-hydrogen) atoms. The number of aliphatic hydroxyl groups excluding tert-OH is 1. The number of ether oxygens (including phenoxy) is 2. The molecule has 346 valence electrons. The Morgan fingerprint density at radius 1 is 0.746 bits per heavy atom. The number of sulfonamides is 1. The van der Waals surface area contributed by atoms with Crippen LogP contribution in [0.4, 0.5) is 5.69 Å². The van der Waals surface area contributed by atoms with E-state index in [0.29, 0.717) is 39.1 Å². The minimum Gasteiger partial charge on any atom is -0.392 e. The van der Waals surface area contributed by atoms with Crippen molar-refractivity contribution in [1.82, 2.24) is 20.3 Å². The SMILES string of the molecule is Cc1ccc(S(=O)(=O)N[C@H](Cc2ccccc2)C(=O)NCc2ccc(C3O[C@H](CN4CCC5(CC4)C(=O)NCN5c4ccccc4)[C@@H](c4ccccc4)[C@H](c4ccc(CO)cc4)O3)cc2)cc1. The van der Waals surface area contributed by atoms with Crippen LogP contribution in [0.15, 0.2) is 169 Å². The Kier molecular flexibility index (Phi) is 14.0. The highest BCUT2D eigenvalue weighted by Gasteiger charge is 2.51. The molecule has 5 atom stereocenters. The van der Waals surface area contributed by atoms with Gasteiger partial charge in [0, 0.05) is 43.3 Å². The Labute approximate surface area is 393 Å². The monoisotopic (exact) mass is 919 g/mol. The predicted octanol–water partition coefficient (Wildman–Crippen LogP) is 7.06. The topological polar surface area (TPSA) is 150 Å². The molecular weight excluding hydrogens is 863 g/mol. The van der Waals surface area contributed by atoms with Crippen LogP contribution in [0.25, 0.3) is 0 Å². The molecule has 0 radical (unpaired) electrons. The Morgan fingerprint density at radius 3 is 2.01 bits per heavy atom. The summed E-state index contributed by atoms with van der Waals surface area (Å²) in [6.07, 6.45) is 0.0470. The number of para-hydroxylation sites is 1. The lowest BCUT2D eigenvalue weighted by atomic mass is 9.82. The van der Waals surface area contributed by atoms with Gasteiger partial charge in [0.1, 0.15) is 11.6 Å². The molecule has 0 bridgehead atoms. The number of piperidine rings is 1. The van der Waals surface area contributed by atoms with Crippen LogP contribution in [0.5, 0.6) is 0 Å². The third kappa shape index (κ3) is 10.4. The third-order valence-corrected chi connectivity index (χ3v) is 14.9. The second-order valence-corrected chi connectivity index (χ2v) is 19.5. The molecule has 3 saturated heterocycles. The molecule has 0 aliphatic carbocycles. The highest BCUT2D eigenvalue weighted by molar-refractivity contribution is 7.89. The van der Waals surface area contributed by atoms with Gasteiger partial charge in [0.2, 0.25) is 21.8 Å². The van der Waals surface area contributed by atoms with Crippen molar-refractivity contribution < 1.29 is 32.6 Å². The molecule has 3 aliphatic heterocycles. The number of hydrogen-bond acceptors (Lipinski definition) is 9. The molecule has 1 spiro atoms. The van der Waals surface area contributed by atoms with Gasteiger partial charge in [0.15, 0.2) is 6.29 Å². The van der Waals surface area contributed by atoms with Crippen molar-refractivity contribution >= 4 is 27.5 Å². The van der Waals surface area contributed by atoms with Gasteiger partial charge in [0.05, 0.1) is 30.4 Å². The fourth-order valence-electron chi connectivity index (χ4n) is 9.67. The molecule has 12 nitrogen and oxygen atoms in total. The summed E-state index contributed by atoms with van der Waals surface area (Å²) in [6.45, 7) is 4.49. The van der Waals surface area contributed by atoms with E-state index in [-0.39, 0.29) is 42.4 Å². The smallest absolute Gasteiger partial charge is 0.247 e. The minimum atomic E-state index is -4.00. The van der Waals surface area contributed by atoms with Crippen molar-refractivity contribution in [2.24, 2.45) is 0 Å². The van der Waals surface area contributed by atoms with E-state index < -0.39 is 39.9 Å². The second-order valence-electron chi connectivity index (χ2n) is 17.8. The molecule has 3 heterocycles. The van der Waals surface area contributed by atoms with Gasteiger partial charge in [0.25, 0.3) is 0 Å². The summed E-state index contributed by atoms with van der Waals surface area (Å²) in [6, 6.07) is 50.9. The Balaban J connectivity index is 0.940. The maximum Gasteiger partial charge on any atom is 0.247 e. The van der Waals surface area contributed by atoms with Crippen LogP contribution in [0.2, 0.25) is 0 Å². The molecule has 1 unspecified atom stereocenters. The normalized spacial score (nSPS) is 21.2. The first kappa shape index (κ1) is 45.9. The number of carbonyl (C=O) groups excluding carboxylic acids is 2. The highest BCUT2D eigenvalue weighted by Crippen LogP contribution is 2.47. The van der Waals surface area contributed by atoms with E-state index in [2.05, 4.69) is 49.4 Å². The zero-order valence-corrected chi connectivity index (χ0v) is 38.4. The van der Waals surface area contributed by atoms with Crippen LogP contribution in [0.1, 0.15) is 70.1 Å². The second kappa shape index (κ2) is 20.4. The zero-order chi connectivity index (χ0) is 46.4. The average Bonchev–Trinajstić information content (AvgIpc) is 3.68. The third-order valence-electron chi connectivity index (χ3n) is 13.4. The maximum atomic E-state index is 13.8. The van der Waals surface area contributed by atoms with E-state index in [4.69, 9.17) is 9.47 Å². The summed E-state index contributed by atoms with van der Waals surface area (Å²) in [5.41, 5.74) is 6.63. The van der Waals surface area contributed by atoms with Crippen LogP contribution < -0.4 is 20.3 Å². The Hall–Kier alpha value is -6.19. The first-order valence-electron chi connectivity index (χ1n) is 23.0. The lowest BCUT2D eigenvalue weighted by molar-refractivity contribution is -0.264. The molecular formula is C54H57N5O7S. The standard InChI is InChI=1S/C54H57N5O7S/c1-38-17-27-46(28-18-38)67(63,64)57-47(33-39-11-5-2-6-12-39)51(61)55-34-40-19-25-44(26-20-40)52-65-48(49(42-13-7-3-8-14-42)50(66-52)43-23-21-41(36-60)22-24-43)35-58-31-29-54(30-32-58)53(62)56-37-59(54)45-15-9-4-10-16-45/h2-28,47-50,52,57,60H,29-37H2,1H3,(H,55,61)(H,56,62)/t47-,48-,49-,50+,52?/m1/s1. The fourth-order valence-corrected chi connectivity index (χ4v) is 10.9. The quantitative estimate of drug-likeness (QED) is 0.0850. The van der Waals surface area contributed by atoms with Crippen molar-refractivity contribution in [2.75, 3.05) is 31.2 Å².